The molecular weight excluding hydrogens is 224 g/mol. The van der Waals surface area contributed by atoms with Gasteiger partial charge in [-0.1, -0.05) is 24.3 Å². The quantitative estimate of drug-likeness (QED) is 0.554. The van der Waals surface area contributed by atoms with Gasteiger partial charge in [-0.05, 0) is 17.5 Å². The lowest BCUT2D eigenvalue weighted by molar-refractivity contribution is -0.146. The second-order valence-corrected chi connectivity index (χ2v) is 5.09. The molecule has 0 saturated heterocycles. The number of carbonyl (C=O) groups is 1. The number of halogens is 1. The molecule has 2 aliphatic rings. The van der Waals surface area contributed by atoms with Crippen molar-refractivity contribution in [3.05, 3.63) is 35.4 Å². The largest absolute Gasteiger partial charge is 0.462 e. The molecule has 0 amide bonds. The predicted molar refractivity (Wildman–Crippen MR) is 61.7 cm³/mol. The van der Waals surface area contributed by atoms with E-state index >= 15 is 0 Å². The van der Waals surface area contributed by atoms with E-state index in [-0.39, 0.29) is 23.4 Å². The van der Waals surface area contributed by atoms with Crippen molar-refractivity contribution in [3.8, 4) is 0 Å². The van der Waals surface area contributed by atoms with Crippen LogP contribution < -0.4 is 0 Å². The minimum atomic E-state index is -0.209. The summed E-state index contributed by atoms with van der Waals surface area (Å²) >= 11 is 6.43. The first-order chi connectivity index (χ1) is 7.68. The van der Waals surface area contributed by atoms with Crippen molar-refractivity contribution in [2.45, 2.75) is 36.7 Å². The van der Waals surface area contributed by atoms with E-state index in [9.17, 15) is 4.79 Å². The van der Waals surface area contributed by atoms with Crippen LogP contribution in [-0.2, 0) is 9.53 Å². The Balaban J connectivity index is 1.97. The molecule has 2 aliphatic carbocycles. The van der Waals surface area contributed by atoms with E-state index in [1.54, 1.807) is 0 Å². The van der Waals surface area contributed by atoms with E-state index in [0.29, 0.717) is 5.92 Å². The monoisotopic (exact) mass is 236 g/mol. The number of rotatable bonds is 1. The van der Waals surface area contributed by atoms with Crippen molar-refractivity contribution >= 4 is 17.6 Å². The minimum absolute atomic E-state index is 0.0279. The van der Waals surface area contributed by atoms with Crippen LogP contribution >= 0.6 is 11.6 Å². The Hall–Kier alpha value is -1.02. The Labute approximate surface area is 99.6 Å². The first-order valence-electron chi connectivity index (χ1n) is 5.58. The Bertz CT molecular complexity index is 443. The fourth-order valence-corrected chi connectivity index (χ4v) is 3.68. The summed E-state index contributed by atoms with van der Waals surface area (Å²) in [4.78, 5) is 11.0. The van der Waals surface area contributed by atoms with Crippen LogP contribution in [0.2, 0.25) is 0 Å². The fraction of sp³-hybridized carbons (Fsp3) is 0.462. The maximum Gasteiger partial charge on any atom is 0.302 e. The van der Waals surface area contributed by atoms with Gasteiger partial charge in [0.25, 0.3) is 0 Å². The van der Waals surface area contributed by atoms with Crippen molar-refractivity contribution in [2.75, 3.05) is 0 Å². The molecule has 1 saturated carbocycles. The van der Waals surface area contributed by atoms with Crippen LogP contribution in [0, 0.1) is 0 Å². The second kappa shape index (κ2) is 3.49. The van der Waals surface area contributed by atoms with Gasteiger partial charge in [-0.15, -0.1) is 11.6 Å². The highest BCUT2D eigenvalue weighted by Crippen LogP contribution is 2.56. The van der Waals surface area contributed by atoms with Crippen molar-refractivity contribution in [1.29, 1.82) is 0 Å². The Morgan fingerprint density at radius 2 is 2.06 bits per heavy atom. The lowest BCUT2D eigenvalue weighted by Crippen LogP contribution is -2.23. The van der Waals surface area contributed by atoms with E-state index in [1.165, 1.54) is 18.1 Å². The first kappa shape index (κ1) is 10.2. The van der Waals surface area contributed by atoms with Gasteiger partial charge in [-0.25, -0.2) is 0 Å². The Kier molecular flexibility index (Phi) is 2.21. The van der Waals surface area contributed by atoms with Gasteiger partial charge in [-0.2, -0.15) is 0 Å². The van der Waals surface area contributed by atoms with Crippen molar-refractivity contribution in [2.24, 2.45) is 0 Å². The number of alkyl halides is 1. The Morgan fingerprint density at radius 3 is 2.75 bits per heavy atom. The zero-order valence-electron chi connectivity index (χ0n) is 9.02. The molecule has 1 unspecified atom stereocenters. The van der Waals surface area contributed by atoms with Crippen molar-refractivity contribution in [1.82, 2.24) is 0 Å². The summed E-state index contributed by atoms with van der Waals surface area (Å²) in [7, 11) is 0. The van der Waals surface area contributed by atoms with Gasteiger partial charge in [0.1, 0.15) is 6.10 Å². The summed E-state index contributed by atoms with van der Waals surface area (Å²) in [5.41, 5.74) is 2.61. The smallest absolute Gasteiger partial charge is 0.302 e. The molecule has 1 aromatic carbocycles. The lowest BCUT2D eigenvalue weighted by atomic mass is 9.90. The van der Waals surface area contributed by atoms with E-state index in [1.807, 2.05) is 12.1 Å². The summed E-state index contributed by atoms with van der Waals surface area (Å²) in [6.07, 6.45) is 0.843. The molecule has 84 valence electrons. The molecule has 2 nitrogen and oxygen atoms in total. The lowest BCUT2D eigenvalue weighted by Gasteiger charge is -2.23. The van der Waals surface area contributed by atoms with Gasteiger partial charge in [0.15, 0.2) is 0 Å². The van der Waals surface area contributed by atoms with Crippen LogP contribution in [0.1, 0.15) is 36.3 Å². The maximum atomic E-state index is 11.0. The normalized spacial score (nSPS) is 34.9. The molecular formula is C13H13ClO2. The van der Waals surface area contributed by atoms with Gasteiger partial charge in [0.2, 0.25) is 0 Å². The molecule has 0 radical (unpaired) electrons. The third-order valence-electron chi connectivity index (χ3n) is 3.69. The minimum Gasteiger partial charge on any atom is -0.462 e. The van der Waals surface area contributed by atoms with Crippen molar-refractivity contribution < 1.29 is 9.53 Å². The van der Waals surface area contributed by atoms with Crippen LogP contribution in [0.25, 0.3) is 0 Å². The molecule has 0 aliphatic heterocycles. The SMILES string of the molecule is CC(=O)O[C@@H]1C[C@H]2c3ccccc3[C@@H]1C2Cl. The number of fused-ring (bicyclic) bond motifs is 5. The fourth-order valence-electron chi connectivity index (χ4n) is 3.14. The zero-order chi connectivity index (χ0) is 11.3. The number of hydrogen-bond donors (Lipinski definition) is 0. The highest BCUT2D eigenvalue weighted by molar-refractivity contribution is 6.22. The van der Waals surface area contributed by atoms with Crippen molar-refractivity contribution in [3.63, 3.8) is 0 Å². The van der Waals surface area contributed by atoms with E-state index in [2.05, 4.69) is 12.1 Å². The summed E-state index contributed by atoms with van der Waals surface area (Å²) < 4.78 is 5.35. The van der Waals surface area contributed by atoms with E-state index in [4.69, 9.17) is 16.3 Å². The number of benzene rings is 1. The molecule has 1 aromatic rings. The third kappa shape index (κ3) is 1.29. The molecule has 0 spiro atoms. The van der Waals surface area contributed by atoms with Crippen LogP contribution in [-0.4, -0.2) is 17.5 Å². The summed E-state index contributed by atoms with van der Waals surface area (Å²) in [5.74, 6) is 0.331. The van der Waals surface area contributed by atoms with Crippen LogP contribution in [0.4, 0.5) is 0 Å². The van der Waals surface area contributed by atoms with Crippen LogP contribution in [0.15, 0.2) is 24.3 Å². The molecule has 4 atom stereocenters. The van der Waals surface area contributed by atoms with E-state index in [0.717, 1.165) is 6.42 Å². The molecule has 1 fully saturated rings. The summed E-state index contributed by atoms with van der Waals surface area (Å²) in [6, 6.07) is 8.31. The molecule has 0 N–H and O–H groups in total. The Morgan fingerprint density at radius 1 is 1.38 bits per heavy atom. The first-order valence-corrected chi connectivity index (χ1v) is 6.02. The number of esters is 1. The highest BCUT2D eigenvalue weighted by Gasteiger charge is 2.52. The zero-order valence-corrected chi connectivity index (χ0v) is 9.78. The average molecular weight is 237 g/mol. The van der Waals surface area contributed by atoms with Gasteiger partial charge >= 0.3 is 5.97 Å². The summed E-state index contributed by atoms with van der Waals surface area (Å²) in [5, 5.41) is 0.0850. The summed E-state index contributed by atoms with van der Waals surface area (Å²) in [6.45, 7) is 1.46. The van der Waals surface area contributed by atoms with E-state index < -0.39 is 0 Å². The topological polar surface area (TPSA) is 26.3 Å². The number of carbonyl (C=O) groups excluding carboxylic acids is 1. The standard InChI is InChI=1S/C13H13ClO2/c1-7(15)16-11-6-10-8-4-2-3-5-9(8)12(11)13(10)14/h2-5,10-13H,6H2,1H3/t10-,11+,12-,13?/m0/s1. The average Bonchev–Trinajstić information content (AvgIpc) is 2.69. The van der Waals surface area contributed by atoms with Gasteiger partial charge in [0.05, 0.1) is 5.38 Å². The second-order valence-electron chi connectivity index (χ2n) is 4.59. The van der Waals surface area contributed by atoms with Crippen LogP contribution in [0.3, 0.4) is 0 Å². The molecule has 2 bridgehead atoms. The van der Waals surface area contributed by atoms with Gasteiger partial charge in [-0.3, -0.25) is 4.79 Å². The van der Waals surface area contributed by atoms with Gasteiger partial charge < -0.3 is 4.74 Å². The molecule has 0 aromatic heterocycles. The highest BCUT2D eigenvalue weighted by atomic mass is 35.5. The number of hydrogen-bond acceptors (Lipinski definition) is 2. The number of ether oxygens (including phenoxy) is 1. The molecule has 3 heteroatoms. The molecule has 16 heavy (non-hydrogen) atoms. The predicted octanol–water partition coefficient (Wildman–Crippen LogP) is 2.81. The van der Waals surface area contributed by atoms with Crippen LogP contribution in [0.5, 0.6) is 0 Å². The maximum absolute atomic E-state index is 11.0. The van der Waals surface area contributed by atoms with Gasteiger partial charge in [0, 0.05) is 18.8 Å². The molecule has 3 rings (SSSR count). The molecule has 0 heterocycles. The third-order valence-corrected chi connectivity index (χ3v) is 4.26.